The first-order valence-electron chi connectivity index (χ1n) is 9.41. The van der Waals surface area contributed by atoms with E-state index in [2.05, 4.69) is 53.2 Å². The van der Waals surface area contributed by atoms with Crippen molar-refractivity contribution in [2.45, 2.75) is 45.1 Å². The van der Waals surface area contributed by atoms with Crippen LogP contribution in [-0.4, -0.2) is 22.3 Å². The molecule has 1 atom stereocenters. The van der Waals surface area contributed by atoms with E-state index in [0.717, 1.165) is 42.8 Å². The summed E-state index contributed by atoms with van der Waals surface area (Å²) in [4.78, 5) is 19.5. The van der Waals surface area contributed by atoms with Crippen LogP contribution in [0.15, 0.2) is 48.5 Å². The van der Waals surface area contributed by atoms with Crippen molar-refractivity contribution in [3.8, 4) is 0 Å². The van der Waals surface area contributed by atoms with Crippen LogP contribution in [0.5, 0.6) is 0 Å². The first-order chi connectivity index (χ1) is 12.7. The van der Waals surface area contributed by atoms with Crippen molar-refractivity contribution < 1.29 is 4.79 Å². The molecule has 0 radical (unpaired) electrons. The fraction of sp³-hybridized carbons (Fsp3) is 0.364. The third-order valence-corrected chi connectivity index (χ3v) is 6.25. The fourth-order valence-electron chi connectivity index (χ4n) is 3.76. The number of para-hydroxylation sites is 1. The minimum atomic E-state index is 0.255. The summed E-state index contributed by atoms with van der Waals surface area (Å²) < 4.78 is 1.23. The number of amides is 1. The maximum atomic E-state index is 12.8. The number of benzene rings is 2. The zero-order valence-corrected chi connectivity index (χ0v) is 16.0. The number of carbonyl (C=O) groups is 1. The van der Waals surface area contributed by atoms with Crippen LogP contribution in [0.3, 0.4) is 0 Å². The molecule has 4 rings (SSSR count). The van der Waals surface area contributed by atoms with E-state index in [4.69, 9.17) is 0 Å². The van der Waals surface area contributed by atoms with Gasteiger partial charge < -0.3 is 4.90 Å². The maximum Gasteiger partial charge on any atom is 0.223 e. The van der Waals surface area contributed by atoms with Gasteiger partial charge in [0.25, 0.3) is 0 Å². The zero-order chi connectivity index (χ0) is 17.9. The number of hydrogen-bond acceptors (Lipinski definition) is 3. The van der Waals surface area contributed by atoms with E-state index in [-0.39, 0.29) is 11.9 Å². The van der Waals surface area contributed by atoms with Gasteiger partial charge in [-0.1, -0.05) is 42.0 Å². The summed E-state index contributed by atoms with van der Waals surface area (Å²) in [6.45, 7) is 2.99. The SMILES string of the molecule is Cc1ccc(C2CCCN2C(=O)CCCc2nc3ccccc3s2)cc1. The maximum absolute atomic E-state index is 12.8. The summed E-state index contributed by atoms with van der Waals surface area (Å²) in [5.41, 5.74) is 3.60. The molecule has 3 nitrogen and oxygen atoms in total. The van der Waals surface area contributed by atoms with Crippen molar-refractivity contribution in [3.05, 3.63) is 64.7 Å². The Kier molecular flexibility index (Phi) is 5.02. The van der Waals surface area contributed by atoms with Gasteiger partial charge in [0.2, 0.25) is 5.91 Å². The highest BCUT2D eigenvalue weighted by molar-refractivity contribution is 7.18. The molecular weight excluding hydrogens is 340 g/mol. The third-order valence-electron chi connectivity index (χ3n) is 5.15. The van der Waals surface area contributed by atoms with E-state index in [9.17, 15) is 4.79 Å². The van der Waals surface area contributed by atoms with Crippen LogP contribution >= 0.6 is 11.3 Å². The molecule has 134 valence electrons. The van der Waals surface area contributed by atoms with Crippen LogP contribution in [0.25, 0.3) is 10.2 Å². The molecule has 1 aromatic heterocycles. The molecule has 0 spiro atoms. The Balaban J connectivity index is 1.35. The Morgan fingerprint density at radius 1 is 1.19 bits per heavy atom. The van der Waals surface area contributed by atoms with Gasteiger partial charge in [-0.2, -0.15) is 0 Å². The minimum absolute atomic E-state index is 0.255. The van der Waals surface area contributed by atoms with E-state index < -0.39 is 0 Å². The average molecular weight is 365 g/mol. The molecule has 0 saturated carbocycles. The Morgan fingerprint density at radius 2 is 2.00 bits per heavy atom. The standard InChI is InChI=1S/C22H24N2OS/c1-16-11-13-17(14-12-16)19-7-5-15-24(19)22(25)10-4-9-21-23-18-6-2-3-8-20(18)26-21/h2-3,6,8,11-14,19H,4-5,7,9-10,15H2,1H3. The number of aryl methyl sites for hydroxylation is 2. The lowest BCUT2D eigenvalue weighted by Crippen LogP contribution is -2.30. The second-order valence-electron chi connectivity index (χ2n) is 7.08. The highest BCUT2D eigenvalue weighted by Crippen LogP contribution is 2.33. The van der Waals surface area contributed by atoms with Gasteiger partial charge in [-0.3, -0.25) is 4.79 Å². The van der Waals surface area contributed by atoms with Gasteiger partial charge >= 0.3 is 0 Å². The third kappa shape index (κ3) is 3.65. The Bertz CT molecular complexity index is 867. The smallest absolute Gasteiger partial charge is 0.223 e. The van der Waals surface area contributed by atoms with Crippen molar-refractivity contribution in [2.24, 2.45) is 0 Å². The predicted molar refractivity (Wildman–Crippen MR) is 107 cm³/mol. The second-order valence-corrected chi connectivity index (χ2v) is 8.20. The van der Waals surface area contributed by atoms with Crippen molar-refractivity contribution in [1.29, 1.82) is 0 Å². The van der Waals surface area contributed by atoms with E-state index in [1.54, 1.807) is 11.3 Å². The second kappa shape index (κ2) is 7.58. The molecule has 1 unspecified atom stereocenters. The Morgan fingerprint density at radius 3 is 2.81 bits per heavy atom. The fourth-order valence-corrected chi connectivity index (χ4v) is 4.77. The van der Waals surface area contributed by atoms with E-state index in [1.165, 1.54) is 15.8 Å². The van der Waals surface area contributed by atoms with Crippen molar-refractivity contribution in [3.63, 3.8) is 0 Å². The molecule has 1 aliphatic rings. The van der Waals surface area contributed by atoms with E-state index >= 15 is 0 Å². The summed E-state index contributed by atoms with van der Waals surface area (Å²) in [7, 11) is 0. The molecule has 2 heterocycles. The highest BCUT2D eigenvalue weighted by Gasteiger charge is 2.29. The number of aromatic nitrogens is 1. The largest absolute Gasteiger partial charge is 0.336 e. The summed E-state index contributed by atoms with van der Waals surface area (Å²) in [6.07, 6.45) is 4.54. The number of thiazole rings is 1. The molecule has 26 heavy (non-hydrogen) atoms. The lowest BCUT2D eigenvalue weighted by atomic mass is 10.0. The average Bonchev–Trinajstić information content (AvgIpc) is 3.29. The van der Waals surface area contributed by atoms with Gasteiger partial charge in [0.15, 0.2) is 0 Å². The van der Waals surface area contributed by atoms with Gasteiger partial charge in [-0.25, -0.2) is 4.98 Å². The summed E-state index contributed by atoms with van der Waals surface area (Å²) >= 11 is 1.74. The van der Waals surface area contributed by atoms with Crippen LogP contribution in [0.4, 0.5) is 0 Å². The Labute approximate surface area is 158 Å². The molecule has 1 saturated heterocycles. The molecule has 0 aliphatic carbocycles. The predicted octanol–water partition coefficient (Wildman–Crippen LogP) is 5.29. The lowest BCUT2D eigenvalue weighted by Gasteiger charge is -2.25. The number of likely N-dealkylation sites (tertiary alicyclic amines) is 1. The summed E-state index contributed by atoms with van der Waals surface area (Å²) in [6, 6.07) is 17.1. The van der Waals surface area contributed by atoms with Crippen LogP contribution in [0.2, 0.25) is 0 Å². The first-order valence-corrected chi connectivity index (χ1v) is 10.2. The van der Waals surface area contributed by atoms with Crippen LogP contribution in [-0.2, 0) is 11.2 Å². The summed E-state index contributed by atoms with van der Waals surface area (Å²) in [5, 5.41) is 1.13. The number of hydrogen-bond donors (Lipinski definition) is 0. The van der Waals surface area contributed by atoms with E-state index in [1.807, 2.05) is 12.1 Å². The van der Waals surface area contributed by atoms with Crippen LogP contribution in [0.1, 0.15) is 47.9 Å². The quantitative estimate of drug-likeness (QED) is 0.616. The van der Waals surface area contributed by atoms with Crippen LogP contribution < -0.4 is 0 Å². The normalized spacial score (nSPS) is 17.1. The zero-order valence-electron chi connectivity index (χ0n) is 15.1. The molecule has 1 fully saturated rings. The number of rotatable bonds is 5. The summed E-state index contributed by atoms with van der Waals surface area (Å²) in [5.74, 6) is 0.286. The van der Waals surface area contributed by atoms with Gasteiger partial charge in [0, 0.05) is 13.0 Å². The molecule has 4 heteroatoms. The van der Waals surface area contributed by atoms with Crippen molar-refractivity contribution in [1.82, 2.24) is 9.88 Å². The first kappa shape index (κ1) is 17.2. The molecule has 2 aromatic carbocycles. The van der Waals surface area contributed by atoms with Crippen molar-refractivity contribution >= 4 is 27.5 Å². The molecule has 1 amide bonds. The van der Waals surface area contributed by atoms with Gasteiger partial charge in [-0.15, -0.1) is 11.3 Å². The topological polar surface area (TPSA) is 33.2 Å². The lowest BCUT2D eigenvalue weighted by molar-refractivity contribution is -0.132. The molecule has 0 bridgehead atoms. The van der Waals surface area contributed by atoms with Gasteiger partial charge in [0.1, 0.15) is 0 Å². The Hall–Kier alpha value is -2.20. The van der Waals surface area contributed by atoms with E-state index in [0.29, 0.717) is 6.42 Å². The molecular formula is C22H24N2OS. The minimum Gasteiger partial charge on any atom is -0.336 e. The van der Waals surface area contributed by atoms with Gasteiger partial charge in [-0.05, 0) is 50.3 Å². The highest BCUT2D eigenvalue weighted by atomic mass is 32.1. The monoisotopic (exact) mass is 364 g/mol. The number of nitrogens with zero attached hydrogens (tertiary/aromatic N) is 2. The number of fused-ring (bicyclic) bond motifs is 1. The van der Waals surface area contributed by atoms with Crippen LogP contribution in [0, 0.1) is 6.92 Å². The molecule has 3 aromatic rings. The van der Waals surface area contributed by atoms with Crippen molar-refractivity contribution in [2.75, 3.05) is 6.54 Å². The number of carbonyl (C=O) groups excluding carboxylic acids is 1. The molecule has 1 aliphatic heterocycles. The molecule has 0 N–H and O–H groups in total. The van der Waals surface area contributed by atoms with Gasteiger partial charge in [0.05, 0.1) is 21.3 Å².